The molecule has 1 N–H and O–H groups in total. The molecular formula is C19H29NO5. The van der Waals surface area contributed by atoms with E-state index in [0.717, 1.165) is 12.0 Å². The molecule has 6 heteroatoms. The van der Waals surface area contributed by atoms with Crippen LogP contribution >= 0.6 is 0 Å². The quantitative estimate of drug-likeness (QED) is 0.518. The molecule has 0 fully saturated rings. The third kappa shape index (κ3) is 6.64. The Morgan fingerprint density at radius 2 is 1.80 bits per heavy atom. The van der Waals surface area contributed by atoms with Crippen LogP contribution in [0.3, 0.4) is 0 Å². The van der Waals surface area contributed by atoms with Crippen LogP contribution in [0.15, 0.2) is 18.2 Å². The summed E-state index contributed by atoms with van der Waals surface area (Å²) in [6.07, 6.45) is 1.62. The standard InChI is InChI=1S/C19H29NO5/c1-6-7-15(19(22)25-13(2)3)18(21)20-11-10-14-8-9-16(23-4)17(12-14)24-5/h8-9,12-13,15H,6-7,10-11H2,1-5H3,(H,20,21). The molecule has 0 aliphatic carbocycles. The lowest BCUT2D eigenvalue weighted by Gasteiger charge is -2.17. The minimum atomic E-state index is -0.752. The molecule has 6 nitrogen and oxygen atoms in total. The molecule has 0 spiro atoms. The van der Waals surface area contributed by atoms with Crippen molar-refractivity contribution in [2.75, 3.05) is 20.8 Å². The van der Waals surface area contributed by atoms with E-state index in [1.54, 1.807) is 28.1 Å². The highest BCUT2D eigenvalue weighted by molar-refractivity contribution is 5.97. The number of hydrogen-bond donors (Lipinski definition) is 1. The van der Waals surface area contributed by atoms with Crippen molar-refractivity contribution in [3.05, 3.63) is 23.8 Å². The first-order valence-electron chi connectivity index (χ1n) is 8.62. The van der Waals surface area contributed by atoms with Gasteiger partial charge in [-0.3, -0.25) is 9.59 Å². The zero-order valence-electron chi connectivity index (χ0n) is 15.8. The van der Waals surface area contributed by atoms with E-state index in [9.17, 15) is 9.59 Å². The van der Waals surface area contributed by atoms with Gasteiger partial charge in [-0.15, -0.1) is 0 Å². The largest absolute Gasteiger partial charge is 0.493 e. The molecule has 25 heavy (non-hydrogen) atoms. The smallest absolute Gasteiger partial charge is 0.318 e. The summed E-state index contributed by atoms with van der Waals surface area (Å²) in [5.41, 5.74) is 1.01. The molecule has 0 saturated heterocycles. The highest BCUT2D eigenvalue weighted by atomic mass is 16.5. The van der Waals surface area contributed by atoms with Gasteiger partial charge in [-0.25, -0.2) is 0 Å². The van der Waals surface area contributed by atoms with E-state index in [4.69, 9.17) is 14.2 Å². The number of carbonyl (C=O) groups excluding carboxylic acids is 2. The summed E-state index contributed by atoms with van der Waals surface area (Å²) >= 11 is 0. The third-order valence-corrected chi connectivity index (χ3v) is 3.69. The summed E-state index contributed by atoms with van der Waals surface area (Å²) in [5, 5.41) is 2.82. The first-order chi connectivity index (χ1) is 11.9. The fourth-order valence-corrected chi connectivity index (χ4v) is 2.45. The van der Waals surface area contributed by atoms with Crippen LogP contribution in [-0.2, 0) is 20.7 Å². The summed E-state index contributed by atoms with van der Waals surface area (Å²) in [4.78, 5) is 24.4. The molecule has 0 heterocycles. The van der Waals surface area contributed by atoms with Crippen LogP contribution in [0.25, 0.3) is 0 Å². The fourth-order valence-electron chi connectivity index (χ4n) is 2.45. The number of esters is 1. The number of amides is 1. The molecule has 140 valence electrons. The van der Waals surface area contributed by atoms with Gasteiger partial charge < -0.3 is 19.5 Å². The zero-order valence-corrected chi connectivity index (χ0v) is 15.8. The molecule has 1 amide bonds. The maximum atomic E-state index is 12.3. The lowest BCUT2D eigenvalue weighted by molar-refractivity contribution is -0.156. The van der Waals surface area contributed by atoms with Crippen LogP contribution in [0, 0.1) is 5.92 Å². The molecule has 1 aromatic carbocycles. The van der Waals surface area contributed by atoms with Crippen molar-refractivity contribution in [3.8, 4) is 11.5 Å². The minimum Gasteiger partial charge on any atom is -0.493 e. The lowest BCUT2D eigenvalue weighted by Crippen LogP contribution is -2.38. The summed E-state index contributed by atoms with van der Waals surface area (Å²) in [6, 6.07) is 5.63. The highest BCUT2D eigenvalue weighted by Crippen LogP contribution is 2.27. The van der Waals surface area contributed by atoms with E-state index in [1.165, 1.54) is 0 Å². The van der Waals surface area contributed by atoms with Crippen LogP contribution in [0.4, 0.5) is 0 Å². The summed E-state index contributed by atoms with van der Waals surface area (Å²) in [5.74, 6) is -0.184. The van der Waals surface area contributed by atoms with Gasteiger partial charge in [0.15, 0.2) is 11.5 Å². The average molecular weight is 351 g/mol. The summed E-state index contributed by atoms with van der Waals surface area (Å²) in [6.45, 7) is 5.92. The number of carbonyl (C=O) groups is 2. The van der Waals surface area contributed by atoms with Crippen molar-refractivity contribution in [1.29, 1.82) is 0 Å². The molecule has 0 aromatic heterocycles. The first-order valence-corrected chi connectivity index (χ1v) is 8.62. The van der Waals surface area contributed by atoms with Gasteiger partial charge in [0.05, 0.1) is 20.3 Å². The van der Waals surface area contributed by atoms with E-state index in [-0.39, 0.29) is 12.0 Å². The Labute approximate surface area is 149 Å². The number of hydrogen-bond acceptors (Lipinski definition) is 5. The Morgan fingerprint density at radius 1 is 1.12 bits per heavy atom. The van der Waals surface area contributed by atoms with Crippen molar-refractivity contribution in [3.63, 3.8) is 0 Å². The van der Waals surface area contributed by atoms with Gasteiger partial charge in [0.25, 0.3) is 0 Å². The topological polar surface area (TPSA) is 73.9 Å². The molecular weight excluding hydrogens is 322 g/mol. The third-order valence-electron chi connectivity index (χ3n) is 3.69. The number of ether oxygens (including phenoxy) is 3. The normalized spacial score (nSPS) is 11.8. The van der Waals surface area contributed by atoms with Crippen LogP contribution in [0.5, 0.6) is 11.5 Å². The van der Waals surface area contributed by atoms with Crippen molar-refractivity contribution in [1.82, 2.24) is 5.32 Å². The molecule has 0 aliphatic rings. The van der Waals surface area contributed by atoms with Crippen molar-refractivity contribution < 1.29 is 23.8 Å². The van der Waals surface area contributed by atoms with Gasteiger partial charge in [0.2, 0.25) is 5.91 Å². The highest BCUT2D eigenvalue weighted by Gasteiger charge is 2.27. The average Bonchev–Trinajstić information content (AvgIpc) is 2.58. The van der Waals surface area contributed by atoms with E-state index in [0.29, 0.717) is 30.9 Å². The molecule has 0 aliphatic heterocycles. The molecule has 0 bridgehead atoms. The van der Waals surface area contributed by atoms with E-state index >= 15 is 0 Å². The maximum Gasteiger partial charge on any atom is 0.318 e. The molecule has 1 aromatic rings. The summed E-state index contributed by atoms with van der Waals surface area (Å²) < 4.78 is 15.6. The van der Waals surface area contributed by atoms with Crippen LogP contribution in [0.1, 0.15) is 39.2 Å². The second-order valence-corrected chi connectivity index (χ2v) is 6.06. The number of benzene rings is 1. The number of methoxy groups -OCH3 is 2. The Bertz CT molecular complexity index is 571. The Balaban J connectivity index is 2.60. The van der Waals surface area contributed by atoms with Crippen LogP contribution in [-0.4, -0.2) is 38.7 Å². The van der Waals surface area contributed by atoms with Gasteiger partial charge in [-0.1, -0.05) is 19.4 Å². The maximum absolute atomic E-state index is 12.3. The van der Waals surface area contributed by atoms with Gasteiger partial charge in [-0.2, -0.15) is 0 Å². The zero-order chi connectivity index (χ0) is 18.8. The Hall–Kier alpha value is -2.24. The molecule has 0 radical (unpaired) electrons. The second-order valence-electron chi connectivity index (χ2n) is 6.06. The van der Waals surface area contributed by atoms with Gasteiger partial charge >= 0.3 is 5.97 Å². The molecule has 1 unspecified atom stereocenters. The second kappa shape index (κ2) is 10.6. The van der Waals surface area contributed by atoms with E-state index < -0.39 is 11.9 Å². The number of rotatable bonds is 10. The number of nitrogens with one attached hydrogen (secondary N) is 1. The van der Waals surface area contributed by atoms with Crippen LogP contribution < -0.4 is 14.8 Å². The van der Waals surface area contributed by atoms with Gasteiger partial charge in [-0.05, 0) is 44.4 Å². The monoisotopic (exact) mass is 351 g/mol. The van der Waals surface area contributed by atoms with E-state index in [1.807, 2.05) is 25.1 Å². The first kappa shape index (κ1) is 20.8. The predicted molar refractivity (Wildman–Crippen MR) is 95.9 cm³/mol. The summed E-state index contributed by atoms with van der Waals surface area (Å²) in [7, 11) is 3.17. The van der Waals surface area contributed by atoms with Crippen molar-refractivity contribution >= 4 is 11.9 Å². The minimum absolute atomic E-state index is 0.230. The predicted octanol–water partition coefficient (Wildman–Crippen LogP) is 2.73. The van der Waals surface area contributed by atoms with Gasteiger partial charge in [0.1, 0.15) is 5.92 Å². The Morgan fingerprint density at radius 3 is 2.36 bits per heavy atom. The molecule has 0 saturated carbocycles. The SMILES string of the molecule is CCCC(C(=O)NCCc1ccc(OC)c(OC)c1)C(=O)OC(C)C. The fraction of sp³-hybridized carbons (Fsp3) is 0.579. The molecule has 1 atom stereocenters. The Kier molecular flexibility index (Phi) is 8.81. The molecule has 1 rings (SSSR count). The lowest BCUT2D eigenvalue weighted by atomic mass is 10.0. The van der Waals surface area contributed by atoms with E-state index in [2.05, 4.69) is 5.32 Å². The van der Waals surface area contributed by atoms with Crippen molar-refractivity contribution in [2.45, 2.75) is 46.1 Å². The van der Waals surface area contributed by atoms with Gasteiger partial charge in [0, 0.05) is 6.54 Å². The van der Waals surface area contributed by atoms with Crippen molar-refractivity contribution in [2.24, 2.45) is 5.92 Å². The van der Waals surface area contributed by atoms with Crippen LogP contribution in [0.2, 0.25) is 0 Å².